The number of ether oxygens (including phenoxy) is 2. The SMILES string of the molecule is CC1(C)C=CC[C@@]2(C)C1CC[C@]1(C)[C@@H]2CC[C@H](C(=O)Oc2ccc(Cl)cc2Cl)[C@]12COC(=O)C2. The summed E-state index contributed by atoms with van der Waals surface area (Å²) >= 11 is 12.3. The summed E-state index contributed by atoms with van der Waals surface area (Å²) in [7, 11) is 0. The third kappa shape index (κ3) is 3.38. The number of fused-ring (bicyclic) bond motifs is 4. The number of rotatable bonds is 2. The molecule has 4 aliphatic rings. The molecule has 184 valence electrons. The maximum Gasteiger partial charge on any atom is 0.315 e. The summed E-state index contributed by atoms with van der Waals surface area (Å²) in [6, 6.07) is 4.86. The molecule has 0 N–H and O–H groups in total. The molecule has 1 aromatic rings. The summed E-state index contributed by atoms with van der Waals surface area (Å²) in [5.41, 5.74) is -0.498. The zero-order valence-corrected chi connectivity index (χ0v) is 22.0. The minimum atomic E-state index is -0.567. The Morgan fingerprint density at radius 2 is 1.85 bits per heavy atom. The lowest BCUT2D eigenvalue weighted by molar-refractivity contribution is -0.203. The predicted octanol–water partition coefficient (Wildman–Crippen LogP) is 7.27. The third-order valence-corrected chi connectivity index (χ3v) is 10.7. The summed E-state index contributed by atoms with van der Waals surface area (Å²) in [6.07, 6.45) is 9.76. The van der Waals surface area contributed by atoms with E-state index in [1.807, 2.05) is 0 Å². The first kappa shape index (κ1) is 24.2. The van der Waals surface area contributed by atoms with Gasteiger partial charge in [0.2, 0.25) is 0 Å². The second kappa shape index (κ2) is 8.00. The number of hydrogen-bond donors (Lipinski definition) is 0. The highest BCUT2D eigenvalue weighted by Gasteiger charge is 2.70. The molecule has 6 atom stereocenters. The maximum absolute atomic E-state index is 13.7. The first-order valence-electron chi connectivity index (χ1n) is 12.4. The number of carbonyl (C=O) groups excluding carboxylic acids is 2. The standard InChI is InChI=1S/C28H34Cl2O4/c1-25(2)11-5-12-26(3)21(25)10-13-27(4)22(26)9-7-18(28(27)15-23(31)33-16-28)24(32)34-20-8-6-17(29)14-19(20)30/h5-6,8,11,14,18,21-22H,7,9-10,12-13,15-16H2,1-4H3/t18-,21?,22-,26+,27-,28+/m1/s1. The topological polar surface area (TPSA) is 52.6 Å². The van der Waals surface area contributed by atoms with E-state index in [1.54, 1.807) is 18.2 Å². The molecule has 1 saturated heterocycles. The van der Waals surface area contributed by atoms with Gasteiger partial charge in [-0.25, -0.2) is 0 Å². The van der Waals surface area contributed by atoms with Crippen LogP contribution in [0.1, 0.15) is 66.2 Å². The van der Waals surface area contributed by atoms with E-state index in [0.717, 1.165) is 25.7 Å². The van der Waals surface area contributed by atoms with Gasteiger partial charge in [-0.3, -0.25) is 9.59 Å². The van der Waals surface area contributed by atoms with Gasteiger partial charge in [0, 0.05) is 10.4 Å². The Bertz CT molecular complexity index is 1060. The van der Waals surface area contributed by atoms with Crippen molar-refractivity contribution in [3.05, 3.63) is 40.4 Å². The van der Waals surface area contributed by atoms with Gasteiger partial charge in [0.15, 0.2) is 0 Å². The Morgan fingerprint density at radius 3 is 2.53 bits per heavy atom. The van der Waals surface area contributed by atoms with Crippen LogP contribution in [0.5, 0.6) is 5.75 Å². The van der Waals surface area contributed by atoms with Crippen LogP contribution >= 0.6 is 23.2 Å². The lowest BCUT2D eigenvalue weighted by Crippen LogP contribution is -2.64. The third-order valence-electron chi connectivity index (χ3n) is 10.2. The Labute approximate surface area is 212 Å². The van der Waals surface area contributed by atoms with Crippen molar-refractivity contribution >= 4 is 35.1 Å². The fraction of sp³-hybridized carbons (Fsp3) is 0.643. The van der Waals surface area contributed by atoms with Gasteiger partial charge in [-0.05, 0) is 78.4 Å². The van der Waals surface area contributed by atoms with Crippen molar-refractivity contribution in [2.24, 2.45) is 39.4 Å². The molecule has 1 spiro atoms. The van der Waals surface area contributed by atoms with Crippen molar-refractivity contribution in [2.75, 3.05) is 6.61 Å². The number of carbonyl (C=O) groups is 2. The van der Waals surface area contributed by atoms with Gasteiger partial charge in [0.25, 0.3) is 0 Å². The lowest BCUT2D eigenvalue weighted by Gasteiger charge is -2.67. The van der Waals surface area contributed by atoms with Crippen LogP contribution in [0.15, 0.2) is 30.4 Å². The molecule has 2 saturated carbocycles. The van der Waals surface area contributed by atoms with E-state index in [2.05, 4.69) is 39.8 Å². The van der Waals surface area contributed by atoms with Crippen LogP contribution in [0.25, 0.3) is 0 Å². The number of cyclic esters (lactones) is 1. The van der Waals surface area contributed by atoms with Crippen molar-refractivity contribution < 1.29 is 19.1 Å². The van der Waals surface area contributed by atoms with E-state index in [0.29, 0.717) is 34.1 Å². The molecule has 3 fully saturated rings. The fourth-order valence-electron chi connectivity index (χ4n) is 8.65. The van der Waals surface area contributed by atoms with Crippen LogP contribution in [0.4, 0.5) is 0 Å². The van der Waals surface area contributed by atoms with Crippen LogP contribution in [0.3, 0.4) is 0 Å². The Kier molecular flexibility index (Phi) is 5.69. The molecule has 1 aliphatic heterocycles. The summed E-state index contributed by atoms with van der Waals surface area (Å²) in [6.45, 7) is 9.76. The summed E-state index contributed by atoms with van der Waals surface area (Å²) in [5.74, 6) is 0.340. The van der Waals surface area contributed by atoms with Gasteiger partial charge < -0.3 is 9.47 Å². The number of halogens is 2. The highest BCUT2D eigenvalue weighted by Crippen LogP contribution is 2.72. The molecule has 5 rings (SSSR count). The van der Waals surface area contributed by atoms with Crippen LogP contribution in [-0.2, 0) is 14.3 Å². The minimum Gasteiger partial charge on any atom is -0.465 e. The normalized spacial score (nSPS) is 40.4. The van der Waals surface area contributed by atoms with Gasteiger partial charge in [0.1, 0.15) is 5.75 Å². The maximum atomic E-state index is 13.7. The first-order chi connectivity index (χ1) is 15.9. The molecular formula is C28H34Cl2O4. The van der Waals surface area contributed by atoms with Gasteiger partial charge in [-0.2, -0.15) is 0 Å². The number of esters is 2. The van der Waals surface area contributed by atoms with Crippen LogP contribution < -0.4 is 4.74 Å². The van der Waals surface area contributed by atoms with E-state index in [1.165, 1.54) is 0 Å². The van der Waals surface area contributed by atoms with Crippen LogP contribution in [-0.4, -0.2) is 18.5 Å². The molecule has 6 heteroatoms. The van der Waals surface area contributed by atoms with E-state index < -0.39 is 11.3 Å². The molecule has 0 bridgehead atoms. The molecule has 34 heavy (non-hydrogen) atoms. The van der Waals surface area contributed by atoms with Crippen molar-refractivity contribution in [1.82, 2.24) is 0 Å². The number of hydrogen-bond acceptors (Lipinski definition) is 4. The summed E-state index contributed by atoms with van der Waals surface area (Å²) < 4.78 is 11.5. The van der Waals surface area contributed by atoms with Crippen molar-refractivity contribution in [1.29, 1.82) is 0 Å². The number of benzene rings is 1. The second-order valence-electron chi connectivity index (χ2n) is 12.1. The summed E-state index contributed by atoms with van der Waals surface area (Å²) in [4.78, 5) is 26.3. The van der Waals surface area contributed by atoms with Crippen molar-refractivity contribution in [3.63, 3.8) is 0 Å². The van der Waals surface area contributed by atoms with Crippen LogP contribution in [0.2, 0.25) is 10.0 Å². The lowest BCUT2D eigenvalue weighted by atomic mass is 9.36. The van der Waals surface area contributed by atoms with Gasteiger partial charge >= 0.3 is 11.9 Å². The van der Waals surface area contributed by atoms with E-state index in [9.17, 15) is 9.59 Å². The van der Waals surface area contributed by atoms with Crippen molar-refractivity contribution in [3.8, 4) is 5.75 Å². The quantitative estimate of drug-likeness (QED) is 0.241. The van der Waals surface area contributed by atoms with E-state index in [-0.39, 0.29) is 41.2 Å². The molecule has 4 nitrogen and oxygen atoms in total. The predicted molar refractivity (Wildman–Crippen MR) is 133 cm³/mol. The molecule has 0 aromatic heterocycles. The van der Waals surface area contributed by atoms with E-state index >= 15 is 0 Å². The second-order valence-corrected chi connectivity index (χ2v) is 13.0. The Morgan fingerprint density at radius 1 is 1.09 bits per heavy atom. The zero-order valence-electron chi connectivity index (χ0n) is 20.5. The highest BCUT2D eigenvalue weighted by molar-refractivity contribution is 6.35. The minimum absolute atomic E-state index is 0.123. The smallest absolute Gasteiger partial charge is 0.315 e. The van der Waals surface area contributed by atoms with Gasteiger partial charge in [-0.15, -0.1) is 0 Å². The van der Waals surface area contributed by atoms with Gasteiger partial charge in [0.05, 0.1) is 24.0 Å². The average Bonchev–Trinajstić information content (AvgIpc) is 3.13. The zero-order chi connectivity index (χ0) is 24.5. The van der Waals surface area contributed by atoms with Crippen LogP contribution in [0, 0.1) is 39.4 Å². The molecule has 0 radical (unpaired) electrons. The average molecular weight is 505 g/mol. The summed E-state index contributed by atoms with van der Waals surface area (Å²) in [5, 5.41) is 0.788. The van der Waals surface area contributed by atoms with Crippen molar-refractivity contribution in [2.45, 2.75) is 66.2 Å². The molecule has 1 aromatic carbocycles. The van der Waals surface area contributed by atoms with E-state index in [4.69, 9.17) is 32.7 Å². The monoisotopic (exact) mass is 504 g/mol. The fourth-order valence-corrected chi connectivity index (χ4v) is 9.10. The largest absolute Gasteiger partial charge is 0.465 e. The molecule has 0 amide bonds. The number of allylic oxidation sites excluding steroid dienone is 2. The molecule has 1 heterocycles. The molecule has 3 aliphatic carbocycles. The Balaban J connectivity index is 1.52. The van der Waals surface area contributed by atoms with Gasteiger partial charge in [-0.1, -0.05) is 63.0 Å². The first-order valence-corrected chi connectivity index (χ1v) is 13.2. The molecular weight excluding hydrogens is 471 g/mol. The Hall–Kier alpha value is -1.52. The highest BCUT2D eigenvalue weighted by atomic mass is 35.5. The molecule has 1 unspecified atom stereocenters.